The lowest BCUT2D eigenvalue weighted by atomic mass is 9.98. The third kappa shape index (κ3) is 3.98. The number of hydrogen-bond donors (Lipinski definition) is 0. The van der Waals surface area contributed by atoms with Gasteiger partial charge in [0, 0.05) is 31.9 Å². The largest absolute Gasteiger partial charge is 0.497 e. The highest BCUT2D eigenvalue weighted by molar-refractivity contribution is 5.92. The standard InChI is InChI=1S/C22H27N3O2/c1-27-19-10-8-17(9-11-19)14-24-13-5-3-6-18-15-25(16-21(18)24)22(26)20-7-2-4-12-23-20/h2,4,7-12,18,21H,3,5-6,13-16H2,1H3/t18-,21+/m0/s1. The van der Waals surface area contributed by atoms with Gasteiger partial charge in [-0.3, -0.25) is 14.7 Å². The van der Waals surface area contributed by atoms with Gasteiger partial charge in [0.1, 0.15) is 11.4 Å². The highest BCUT2D eigenvalue weighted by atomic mass is 16.5. The van der Waals surface area contributed by atoms with E-state index in [1.807, 2.05) is 35.2 Å². The third-order valence-electron chi connectivity index (χ3n) is 5.86. The number of rotatable bonds is 4. The Morgan fingerprint density at radius 2 is 2.00 bits per heavy atom. The van der Waals surface area contributed by atoms with Gasteiger partial charge in [-0.2, -0.15) is 0 Å². The van der Waals surface area contributed by atoms with Crippen molar-refractivity contribution in [1.29, 1.82) is 0 Å². The predicted molar refractivity (Wildman–Crippen MR) is 105 cm³/mol. The minimum atomic E-state index is 0.0630. The van der Waals surface area contributed by atoms with E-state index in [1.165, 1.54) is 24.8 Å². The van der Waals surface area contributed by atoms with Gasteiger partial charge in [0.05, 0.1) is 7.11 Å². The molecule has 4 rings (SSSR count). The highest BCUT2D eigenvalue weighted by Gasteiger charge is 2.39. The molecule has 0 saturated carbocycles. The minimum absolute atomic E-state index is 0.0630. The van der Waals surface area contributed by atoms with Crippen LogP contribution in [0.15, 0.2) is 48.7 Å². The van der Waals surface area contributed by atoms with Gasteiger partial charge in [0.2, 0.25) is 0 Å². The summed E-state index contributed by atoms with van der Waals surface area (Å²) >= 11 is 0. The van der Waals surface area contributed by atoms with Crippen LogP contribution in [0.5, 0.6) is 5.75 Å². The van der Waals surface area contributed by atoms with Crippen LogP contribution in [-0.4, -0.2) is 53.5 Å². The van der Waals surface area contributed by atoms with Gasteiger partial charge >= 0.3 is 0 Å². The van der Waals surface area contributed by atoms with Crippen molar-refractivity contribution in [2.45, 2.75) is 31.8 Å². The van der Waals surface area contributed by atoms with Gasteiger partial charge in [0.15, 0.2) is 0 Å². The zero-order chi connectivity index (χ0) is 18.6. The summed E-state index contributed by atoms with van der Waals surface area (Å²) in [5.74, 6) is 1.51. The Labute approximate surface area is 161 Å². The number of carbonyl (C=O) groups is 1. The number of likely N-dealkylation sites (tertiary alicyclic amines) is 2. The molecule has 0 radical (unpaired) electrons. The maximum absolute atomic E-state index is 12.8. The Morgan fingerprint density at radius 1 is 1.15 bits per heavy atom. The molecule has 0 unspecified atom stereocenters. The molecule has 2 atom stereocenters. The van der Waals surface area contributed by atoms with Crippen molar-refractivity contribution in [2.75, 3.05) is 26.7 Å². The molecule has 2 aromatic rings. The number of fused-ring (bicyclic) bond motifs is 1. The summed E-state index contributed by atoms with van der Waals surface area (Å²) < 4.78 is 5.27. The van der Waals surface area contributed by atoms with Gasteiger partial charge in [-0.15, -0.1) is 0 Å². The molecular formula is C22H27N3O2. The Hall–Kier alpha value is -2.40. The van der Waals surface area contributed by atoms with Crippen LogP contribution in [0.3, 0.4) is 0 Å². The molecule has 27 heavy (non-hydrogen) atoms. The number of carbonyl (C=O) groups excluding carboxylic acids is 1. The first-order valence-corrected chi connectivity index (χ1v) is 9.82. The topological polar surface area (TPSA) is 45.7 Å². The van der Waals surface area contributed by atoms with Crippen LogP contribution in [0.4, 0.5) is 0 Å². The van der Waals surface area contributed by atoms with Gasteiger partial charge in [0.25, 0.3) is 5.91 Å². The average Bonchev–Trinajstić information content (AvgIpc) is 3.06. The van der Waals surface area contributed by atoms with Crippen LogP contribution in [-0.2, 0) is 6.54 Å². The smallest absolute Gasteiger partial charge is 0.272 e. The number of nitrogens with zero attached hydrogens (tertiary/aromatic N) is 3. The molecule has 1 amide bonds. The number of methoxy groups -OCH3 is 1. The lowest BCUT2D eigenvalue weighted by molar-refractivity contribution is 0.0767. The first kappa shape index (κ1) is 18.0. The minimum Gasteiger partial charge on any atom is -0.497 e. The van der Waals surface area contributed by atoms with E-state index in [9.17, 15) is 4.79 Å². The molecule has 3 heterocycles. The van der Waals surface area contributed by atoms with Crippen LogP contribution in [0.25, 0.3) is 0 Å². The summed E-state index contributed by atoms with van der Waals surface area (Å²) in [6, 6.07) is 14.3. The SMILES string of the molecule is COc1ccc(CN2CCCC[C@H]3CN(C(=O)c4ccccn4)C[C@H]32)cc1. The van der Waals surface area contributed by atoms with Crippen molar-refractivity contribution in [2.24, 2.45) is 5.92 Å². The molecule has 0 aliphatic carbocycles. The van der Waals surface area contributed by atoms with Crippen molar-refractivity contribution < 1.29 is 9.53 Å². The van der Waals surface area contributed by atoms with Gasteiger partial charge < -0.3 is 9.64 Å². The monoisotopic (exact) mass is 365 g/mol. The van der Waals surface area contributed by atoms with Crippen LogP contribution in [0.2, 0.25) is 0 Å². The lowest BCUT2D eigenvalue weighted by Gasteiger charge is -2.30. The zero-order valence-electron chi connectivity index (χ0n) is 15.9. The van der Waals surface area contributed by atoms with E-state index in [0.717, 1.165) is 31.9 Å². The fraction of sp³-hybridized carbons (Fsp3) is 0.455. The molecule has 142 valence electrons. The number of aromatic nitrogens is 1. The second kappa shape index (κ2) is 8.09. The summed E-state index contributed by atoms with van der Waals surface area (Å²) in [5, 5.41) is 0. The fourth-order valence-electron chi connectivity index (χ4n) is 4.42. The number of pyridine rings is 1. The molecule has 1 aromatic carbocycles. The second-order valence-corrected chi connectivity index (χ2v) is 7.57. The average molecular weight is 365 g/mol. The molecule has 2 fully saturated rings. The molecular weight excluding hydrogens is 338 g/mol. The van der Waals surface area contributed by atoms with Crippen molar-refractivity contribution in [3.63, 3.8) is 0 Å². The fourth-order valence-corrected chi connectivity index (χ4v) is 4.42. The van der Waals surface area contributed by atoms with Gasteiger partial charge in [-0.1, -0.05) is 24.6 Å². The van der Waals surface area contributed by atoms with E-state index in [0.29, 0.717) is 17.7 Å². The molecule has 2 aliphatic rings. The Kier molecular flexibility index (Phi) is 5.39. The van der Waals surface area contributed by atoms with Crippen LogP contribution in [0.1, 0.15) is 35.3 Å². The summed E-state index contributed by atoms with van der Waals surface area (Å²) in [6.45, 7) is 3.67. The van der Waals surface area contributed by atoms with E-state index >= 15 is 0 Å². The Bertz CT molecular complexity index is 763. The summed E-state index contributed by atoms with van der Waals surface area (Å²) in [4.78, 5) is 21.7. The van der Waals surface area contributed by atoms with E-state index < -0.39 is 0 Å². The van der Waals surface area contributed by atoms with E-state index in [2.05, 4.69) is 22.0 Å². The van der Waals surface area contributed by atoms with E-state index in [4.69, 9.17) is 4.74 Å². The van der Waals surface area contributed by atoms with Crippen LogP contribution < -0.4 is 4.74 Å². The maximum Gasteiger partial charge on any atom is 0.272 e. The second-order valence-electron chi connectivity index (χ2n) is 7.57. The molecule has 0 spiro atoms. The molecule has 1 aromatic heterocycles. The zero-order valence-corrected chi connectivity index (χ0v) is 15.9. The lowest BCUT2D eigenvalue weighted by Crippen LogP contribution is -2.40. The first-order chi connectivity index (χ1) is 13.2. The summed E-state index contributed by atoms with van der Waals surface area (Å²) in [5.41, 5.74) is 1.85. The summed E-state index contributed by atoms with van der Waals surface area (Å²) in [7, 11) is 1.69. The van der Waals surface area contributed by atoms with Crippen molar-refractivity contribution >= 4 is 5.91 Å². The maximum atomic E-state index is 12.8. The first-order valence-electron chi connectivity index (χ1n) is 9.82. The number of amides is 1. The quantitative estimate of drug-likeness (QED) is 0.835. The van der Waals surface area contributed by atoms with E-state index in [-0.39, 0.29) is 5.91 Å². The van der Waals surface area contributed by atoms with Crippen molar-refractivity contribution in [3.8, 4) is 5.75 Å². The van der Waals surface area contributed by atoms with Crippen molar-refractivity contribution in [1.82, 2.24) is 14.8 Å². The number of ether oxygens (including phenoxy) is 1. The van der Waals surface area contributed by atoms with Crippen LogP contribution >= 0.6 is 0 Å². The predicted octanol–water partition coefficient (Wildman–Crippen LogP) is 3.22. The third-order valence-corrected chi connectivity index (χ3v) is 5.86. The number of hydrogen-bond acceptors (Lipinski definition) is 4. The highest BCUT2D eigenvalue weighted by Crippen LogP contribution is 2.31. The molecule has 2 saturated heterocycles. The molecule has 5 nitrogen and oxygen atoms in total. The van der Waals surface area contributed by atoms with E-state index in [1.54, 1.807) is 13.3 Å². The van der Waals surface area contributed by atoms with Gasteiger partial charge in [-0.05, 0) is 55.1 Å². The van der Waals surface area contributed by atoms with Gasteiger partial charge in [-0.25, -0.2) is 0 Å². The Morgan fingerprint density at radius 3 is 2.74 bits per heavy atom. The summed E-state index contributed by atoms with van der Waals surface area (Å²) in [6.07, 6.45) is 5.37. The molecule has 5 heteroatoms. The normalized spacial score (nSPS) is 22.9. The number of benzene rings is 1. The Balaban J connectivity index is 1.48. The molecule has 0 N–H and O–H groups in total. The van der Waals surface area contributed by atoms with Crippen LogP contribution in [0, 0.1) is 5.92 Å². The molecule has 2 aliphatic heterocycles. The molecule has 0 bridgehead atoms. The van der Waals surface area contributed by atoms with Crippen molar-refractivity contribution in [3.05, 3.63) is 59.9 Å².